The summed E-state index contributed by atoms with van der Waals surface area (Å²) in [5.41, 5.74) is 0.0708. The number of nitrogens with one attached hydrogen (secondary N) is 1. The van der Waals surface area contributed by atoms with Gasteiger partial charge in [0.2, 0.25) is 11.8 Å². The molecule has 2 aliphatic heterocycles. The number of thioether (sulfide) groups is 1. The zero-order valence-electron chi connectivity index (χ0n) is 16.0. The number of methoxy groups -OCH3 is 1. The second-order valence-corrected chi connectivity index (χ2v) is 8.42. The van der Waals surface area contributed by atoms with Gasteiger partial charge in [-0.1, -0.05) is 18.2 Å². The van der Waals surface area contributed by atoms with E-state index in [1.54, 1.807) is 22.4 Å². The third kappa shape index (κ3) is 3.39. The van der Waals surface area contributed by atoms with Gasteiger partial charge in [-0.05, 0) is 36.5 Å². The lowest BCUT2D eigenvalue weighted by atomic mass is 9.92. The minimum atomic E-state index is -1.10. The van der Waals surface area contributed by atoms with E-state index in [0.29, 0.717) is 18.5 Å². The summed E-state index contributed by atoms with van der Waals surface area (Å²) in [5.74, 6) is -0.575. The molecule has 152 valence electrons. The monoisotopic (exact) mass is 415 g/mol. The van der Waals surface area contributed by atoms with Crippen LogP contribution >= 0.6 is 11.8 Å². The number of imide groups is 1. The first-order valence-electron chi connectivity index (χ1n) is 9.35. The first-order valence-corrected chi connectivity index (χ1v) is 10.5. The number of ether oxygens (including phenoxy) is 1. The second-order valence-electron chi connectivity index (χ2n) is 7.19. The lowest BCUT2D eigenvalue weighted by Crippen LogP contribution is -2.59. The standard InChI is InChI=1S/C20H21N3O5S/c1-28-19(27)20(6-8-29-9-7-20)21-16(24)11-23-17(25)12-22-14-5-3-2-4-13(14)10-15(22)18(23)26/h2-5,10H,6-9,11-12H2,1H3,(H,21,24). The largest absolute Gasteiger partial charge is 0.467 e. The third-order valence-electron chi connectivity index (χ3n) is 5.47. The van der Waals surface area contributed by atoms with Crippen molar-refractivity contribution in [1.82, 2.24) is 14.8 Å². The van der Waals surface area contributed by atoms with Crippen LogP contribution in [0.4, 0.5) is 0 Å². The Labute approximate surface area is 171 Å². The predicted molar refractivity (Wildman–Crippen MR) is 107 cm³/mol. The SMILES string of the molecule is COC(=O)C1(NC(=O)CN2C(=O)Cn3c(cc4ccccc43)C2=O)CCSCC1. The van der Waals surface area contributed by atoms with Crippen molar-refractivity contribution < 1.29 is 23.9 Å². The Bertz CT molecular complexity index is 1010. The Morgan fingerprint density at radius 3 is 2.66 bits per heavy atom. The third-order valence-corrected chi connectivity index (χ3v) is 6.46. The van der Waals surface area contributed by atoms with Gasteiger partial charge in [-0.3, -0.25) is 19.3 Å². The lowest BCUT2D eigenvalue weighted by molar-refractivity contribution is -0.151. The van der Waals surface area contributed by atoms with Gasteiger partial charge < -0.3 is 14.6 Å². The maximum absolute atomic E-state index is 12.9. The van der Waals surface area contributed by atoms with Crippen LogP contribution in [0.25, 0.3) is 10.9 Å². The Kier molecular flexibility index (Phi) is 5.08. The van der Waals surface area contributed by atoms with E-state index >= 15 is 0 Å². The molecule has 1 aromatic carbocycles. The van der Waals surface area contributed by atoms with Crippen molar-refractivity contribution in [2.24, 2.45) is 0 Å². The smallest absolute Gasteiger partial charge is 0.331 e. The highest BCUT2D eigenvalue weighted by Gasteiger charge is 2.43. The van der Waals surface area contributed by atoms with E-state index < -0.39 is 35.8 Å². The minimum Gasteiger partial charge on any atom is -0.467 e. The number of para-hydroxylation sites is 1. The fourth-order valence-corrected chi connectivity index (χ4v) is 5.13. The van der Waals surface area contributed by atoms with Crippen molar-refractivity contribution in [3.8, 4) is 0 Å². The molecular weight excluding hydrogens is 394 g/mol. The summed E-state index contributed by atoms with van der Waals surface area (Å²) in [4.78, 5) is 51.5. The molecule has 0 bridgehead atoms. The van der Waals surface area contributed by atoms with Crippen LogP contribution in [0.1, 0.15) is 23.3 Å². The molecule has 2 aromatic rings. The average molecular weight is 415 g/mol. The van der Waals surface area contributed by atoms with Gasteiger partial charge in [-0.2, -0.15) is 11.8 Å². The number of fused-ring (bicyclic) bond motifs is 3. The Morgan fingerprint density at radius 2 is 1.93 bits per heavy atom. The summed E-state index contributed by atoms with van der Waals surface area (Å²) in [6, 6.07) is 9.16. The summed E-state index contributed by atoms with van der Waals surface area (Å²) in [6.45, 7) is -0.439. The molecule has 0 unspecified atom stereocenters. The van der Waals surface area contributed by atoms with E-state index in [1.807, 2.05) is 24.3 Å². The molecule has 9 heteroatoms. The molecule has 1 N–H and O–H groups in total. The predicted octanol–water partition coefficient (Wildman–Crippen LogP) is 1.18. The number of carbonyl (C=O) groups is 4. The lowest BCUT2D eigenvalue weighted by Gasteiger charge is -2.35. The van der Waals surface area contributed by atoms with Gasteiger partial charge in [-0.15, -0.1) is 0 Å². The number of esters is 1. The van der Waals surface area contributed by atoms with E-state index in [-0.39, 0.29) is 6.54 Å². The van der Waals surface area contributed by atoms with Crippen molar-refractivity contribution in [1.29, 1.82) is 0 Å². The first-order chi connectivity index (χ1) is 13.9. The van der Waals surface area contributed by atoms with Crippen LogP contribution in [0.2, 0.25) is 0 Å². The number of hydrogen-bond donors (Lipinski definition) is 1. The molecule has 2 aliphatic rings. The van der Waals surface area contributed by atoms with Crippen LogP contribution in [0, 0.1) is 0 Å². The van der Waals surface area contributed by atoms with E-state index in [9.17, 15) is 19.2 Å². The highest BCUT2D eigenvalue weighted by molar-refractivity contribution is 7.99. The van der Waals surface area contributed by atoms with E-state index in [2.05, 4.69) is 5.32 Å². The number of rotatable bonds is 4. The summed E-state index contributed by atoms with van der Waals surface area (Å²) in [6.07, 6.45) is 0.901. The zero-order chi connectivity index (χ0) is 20.6. The average Bonchev–Trinajstić information content (AvgIpc) is 3.10. The van der Waals surface area contributed by atoms with E-state index in [4.69, 9.17) is 4.74 Å². The number of amides is 3. The van der Waals surface area contributed by atoms with Gasteiger partial charge in [0.1, 0.15) is 24.3 Å². The molecular formula is C20H21N3O5S. The number of nitrogens with zero attached hydrogens (tertiary/aromatic N) is 2. The molecule has 0 radical (unpaired) electrons. The fraction of sp³-hybridized carbons (Fsp3) is 0.400. The molecule has 3 amide bonds. The van der Waals surface area contributed by atoms with Gasteiger partial charge in [-0.25, -0.2) is 4.79 Å². The van der Waals surface area contributed by atoms with Crippen LogP contribution < -0.4 is 5.32 Å². The van der Waals surface area contributed by atoms with Crippen molar-refractivity contribution >= 4 is 46.4 Å². The summed E-state index contributed by atoms with van der Waals surface area (Å²) < 4.78 is 6.56. The summed E-state index contributed by atoms with van der Waals surface area (Å²) in [5, 5.41) is 3.60. The van der Waals surface area contributed by atoms with E-state index in [0.717, 1.165) is 27.3 Å². The Balaban J connectivity index is 1.54. The quantitative estimate of drug-likeness (QED) is 0.595. The molecule has 1 saturated heterocycles. The summed E-state index contributed by atoms with van der Waals surface area (Å²) >= 11 is 1.70. The van der Waals surface area contributed by atoms with Crippen LogP contribution in [0.5, 0.6) is 0 Å². The van der Waals surface area contributed by atoms with Gasteiger partial charge in [0.05, 0.1) is 7.11 Å². The van der Waals surface area contributed by atoms with Gasteiger partial charge >= 0.3 is 5.97 Å². The van der Waals surface area contributed by atoms with Gasteiger partial charge in [0, 0.05) is 10.9 Å². The maximum Gasteiger partial charge on any atom is 0.331 e. The molecule has 3 heterocycles. The molecule has 0 spiro atoms. The second kappa shape index (κ2) is 7.55. The highest BCUT2D eigenvalue weighted by atomic mass is 32.2. The van der Waals surface area contributed by atoms with E-state index in [1.165, 1.54) is 7.11 Å². The van der Waals surface area contributed by atoms with Crippen LogP contribution in [-0.2, 0) is 25.7 Å². The van der Waals surface area contributed by atoms with Crippen molar-refractivity contribution in [3.05, 3.63) is 36.0 Å². The number of aromatic nitrogens is 1. The zero-order valence-corrected chi connectivity index (χ0v) is 16.8. The molecule has 4 rings (SSSR count). The van der Waals surface area contributed by atoms with Gasteiger partial charge in [0.15, 0.2) is 0 Å². The Morgan fingerprint density at radius 1 is 1.21 bits per heavy atom. The molecule has 29 heavy (non-hydrogen) atoms. The number of carbonyl (C=O) groups excluding carboxylic acids is 4. The first kappa shape index (κ1) is 19.5. The van der Waals surface area contributed by atoms with Gasteiger partial charge in [0.25, 0.3) is 5.91 Å². The fourth-order valence-electron chi connectivity index (χ4n) is 3.94. The summed E-state index contributed by atoms with van der Waals surface area (Å²) in [7, 11) is 1.29. The van der Waals surface area contributed by atoms with Crippen LogP contribution in [0.3, 0.4) is 0 Å². The maximum atomic E-state index is 12.9. The topological polar surface area (TPSA) is 97.7 Å². The van der Waals surface area contributed by atoms with Crippen LogP contribution in [-0.4, -0.2) is 63.9 Å². The molecule has 1 aromatic heterocycles. The van der Waals surface area contributed by atoms with Crippen molar-refractivity contribution in [2.75, 3.05) is 25.2 Å². The van der Waals surface area contributed by atoms with Crippen molar-refractivity contribution in [3.63, 3.8) is 0 Å². The highest BCUT2D eigenvalue weighted by Crippen LogP contribution is 2.29. The Hall–Kier alpha value is -2.81. The molecule has 0 atom stereocenters. The number of hydrogen-bond acceptors (Lipinski definition) is 6. The minimum absolute atomic E-state index is 0.0132. The molecule has 0 saturated carbocycles. The molecule has 1 fully saturated rings. The van der Waals surface area contributed by atoms with Crippen LogP contribution in [0.15, 0.2) is 30.3 Å². The molecule has 8 nitrogen and oxygen atoms in total. The van der Waals surface area contributed by atoms with Crippen molar-refractivity contribution in [2.45, 2.75) is 24.9 Å². The normalized spacial score (nSPS) is 18.4. The number of benzene rings is 1. The molecule has 0 aliphatic carbocycles.